The van der Waals surface area contributed by atoms with Gasteiger partial charge in [0, 0.05) is 16.3 Å². The van der Waals surface area contributed by atoms with E-state index in [4.69, 9.17) is 27.6 Å². The van der Waals surface area contributed by atoms with E-state index >= 15 is 0 Å². The first-order valence-corrected chi connectivity index (χ1v) is 10.0. The van der Waals surface area contributed by atoms with E-state index < -0.39 is 0 Å². The van der Waals surface area contributed by atoms with Crippen molar-refractivity contribution in [1.29, 1.82) is 0 Å². The molecule has 0 bridgehead atoms. The molecule has 30 heavy (non-hydrogen) atoms. The van der Waals surface area contributed by atoms with Crippen LogP contribution in [0.25, 0.3) is 23.5 Å². The summed E-state index contributed by atoms with van der Waals surface area (Å²) < 4.78 is 5.68. The van der Waals surface area contributed by atoms with Gasteiger partial charge in [0.15, 0.2) is 5.76 Å². The summed E-state index contributed by atoms with van der Waals surface area (Å²) in [5, 5.41) is 3.84. The van der Waals surface area contributed by atoms with E-state index in [1.807, 2.05) is 66.7 Å². The van der Waals surface area contributed by atoms with Crippen LogP contribution in [0.3, 0.4) is 0 Å². The van der Waals surface area contributed by atoms with Crippen LogP contribution in [0.5, 0.6) is 0 Å². The van der Waals surface area contributed by atoms with Crippen molar-refractivity contribution < 1.29 is 9.21 Å². The van der Waals surface area contributed by atoms with Gasteiger partial charge in [-0.15, -0.1) is 0 Å². The Balaban J connectivity index is 1.43. The highest BCUT2D eigenvalue weighted by Crippen LogP contribution is 2.31. The number of anilines is 1. The smallest absolute Gasteiger partial charge is 0.291 e. The van der Waals surface area contributed by atoms with Crippen LogP contribution < -0.4 is 5.32 Å². The molecule has 4 rings (SSSR count). The number of benzene rings is 3. The summed E-state index contributed by atoms with van der Waals surface area (Å²) in [5.41, 5.74) is 3.52. The number of amides is 1. The predicted molar refractivity (Wildman–Crippen MR) is 124 cm³/mol. The van der Waals surface area contributed by atoms with E-state index in [0.717, 1.165) is 11.1 Å². The summed E-state index contributed by atoms with van der Waals surface area (Å²) in [6.45, 7) is 0. The number of nitrogens with one attached hydrogen (secondary N) is 1. The van der Waals surface area contributed by atoms with Crippen molar-refractivity contribution in [2.24, 2.45) is 0 Å². The highest BCUT2D eigenvalue weighted by atomic mass is 35.5. The summed E-state index contributed by atoms with van der Waals surface area (Å²) >= 11 is 12.1. The monoisotopic (exact) mass is 433 g/mol. The van der Waals surface area contributed by atoms with Crippen LogP contribution in [0, 0.1) is 0 Å². The Morgan fingerprint density at radius 1 is 0.800 bits per heavy atom. The Morgan fingerprint density at radius 2 is 1.50 bits per heavy atom. The molecule has 1 amide bonds. The molecule has 0 radical (unpaired) electrons. The average molecular weight is 434 g/mol. The second kappa shape index (κ2) is 9.04. The van der Waals surface area contributed by atoms with Crippen LogP contribution in [0.2, 0.25) is 10.0 Å². The molecule has 0 saturated carbocycles. The minimum Gasteiger partial charge on any atom is -0.451 e. The van der Waals surface area contributed by atoms with Gasteiger partial charge in [-0.2, -0.15) is 0 Å². The van der Waals surface area contributed by atoms with Crippen molar-refractivity contribution in [3.05, 3.63) is 112 Å². The molecule has 0 aliphatic heterocycles. The van der Waals surface area contributed by atoms with E-state index in [1.165, 1.54) is 0 Å². The Labute approximate surface area is 184 Å². The minimum absolute atomic E-state index is 0.198. The molecule has 0 spiro atoms. The average Bonchev–Trinajstić information content (AvgIpc) is 3.24. The fraction of sp³-hybridized carbons (Fsp3) is 0. The number of hydrogen-bond donors (Lipinski definition) is 1. The third kappa shape index (κ3) is 4.82. The van der Waals surface area contributed by atoms with Crippen molar-refractivity contribution in [2.45, 2.75) is 0 Å². The third-order valence-corrected chi connectivity index (χ3v) is 5.01. The van der Waals surface area contributed by atoms with Crippen LogP contribution in [0.4, 0.5) is 5.69 Å². The molecule has 3 nitrogen and oxygen atoms in total. The van der Waals surface area contributed by atoms with Crippen molar-refractivity contribution in [2.75, 3.05) is 5.32 Å². The van der Waals surface area contributed by atoms with Gasteiger partial charge in [-0.05, 0) is 53.6 Å². The Bertz CT molecular complexity index is 1200. The summed E-state index contributed by atoms with van der Waals surface area (Å²) in [7, 11) is 0. The van der Waals surface area contributed by atoms with Crippen molar-refractivity contribution in [3.63, 3.8) is 0 Å². The van der Waals surface area contributed by atoms with E-state index in [9.17, 15) is 4.79 Å². The summed E-state index contributed by atoms with van der Waals surface area (Å²) in [6, 6.07) is 26.1. The normalized spacial score (nSPS) is 11.0. The van der Waals surface area contributed by atoms with Gasteiger partial charge in [0.05, 0.1) is 5.02 Å². The maximum atomic E-state index is 12.5. The predicted octanol–water partition coefficient (Wildman–Crippen LogP) is 7.68. The van der Waals surface area contributed by atoms with Gasteiger partial charge in [-0.25, -0.2) is 0 Å². The lowest BCUT2D eigenvalue weighted by atomic mass is 10.1. The molecule has 4 aromatic rings. The molecule has 1 aromatic heterocycles. The second-order valence-electron chi connectivity index (χ2n) is 6.61. The lowest BCUT2D eigenvalue weighted by molar-refractivity contribution is 0.0997. The molecule has 5 heteroatoms. The highest BCUT2D eigenvalue weighted by Gasteiger charge is 2.14. The number of carbonyl (C=O) groups is 1. The maximum absolute atomic E-state index is 12.5. The third-order valence-electron chi connectivity index (χ3n) is 4.46. The van der Waals surface area contributed by atoms with Gasteiger partial charge in [0.25, 0.3) is 5.91 Å². The van der Waals surface area contributed by atoms with Gasteiger partial charge in [-0.3, -0.25) is 4.79 Å². The first-order chi connectivity index (χ1) is 14.6. The zero-order valence-electron chi connectivity index (χ0n) is 15.8. The largest absolute Gasteiger partial charge is 0.451 e. The van der Waals surface area contributed by atoms with Gasteiger partial charge in [0.2, 0.25) is 0 Å². The molecule has 0 aliphatic carbocycles. The SMILES string of the molecule is O=C(Nc1ccc(/C=C/c2ccccc2)cc1)c1ccc(-c2ccc(Cl)cc2Cl)o1. The van der Waals surface area contributed by atoms with Gasteiger partial charge in [0.1, 0.15) is 5.76 Å². The maximum Gasteiger partial charge on any atom is 0.291 e. The van der Waals surface area contributed by atoms with Crippen LogP contribution in [-0.2, 0) is 0 Å². The zero-order chi connectivity index (χ0) is 20.9. The molecule has 0 atom stereocenters. The molecule has 3 aromatic carbocycles. The Kier molecular flexibility index (Phi) is 6.03. The first kappa shape index (κ1) is 20.0. The quantitative estimate of drug-likeness (QED) is 0.328. The van der Waals surface area contributed by atoms with Gasteiger partial charge < -0.3 is 9.73 Å². The highest BCUT2D eigenvalue weighted by molar-refractivity contribution is 6.36. The fourth-order valence-electron chi connectivity index (χ4n) is 2.92. The number of hydrogen-bond acceptors (Lipinski definition) is 2. The Hall–Kier alpha value is -3.27. The minimum atomic E-state index is -0.334. The lowest BCUT2D eigenvalue weighted by Gasteiger charge is -2.04. The van der Waals surface area contributed by atoms with E-state index in [1.54, 1.807) is 30.3 Å². The Morgan fingerprint density at radius 3 is 2.20 bits per heavy atom. The molecular weight excluding hydrogens is 417 g/mol. The molecule has 0 saturated heterocycles. The molecule has 0 unspecified atom stereocenters. The molecular formula is C25H17Cl2NO2. The van der Waals surface area contributed by atoms with Crippen LogP contribution in [0.15, 0.2) is 89.3 Å². The number of rotatable bonds is 5. The fourth-order valence-corrected chi connectivity index (χ4v) is 3.42. The van der Waals surface area contributed by atoms with Gasteiger partial charge in [-0.1, -0.05) is 77.8 Å². The topological polar surface area (TPSA) is 42.2 Å². The molecule has 148 valence electrons. The first-order valence-electron chi connectivity index (χ1n) is 9.28. The zero-order valence-corrected chi connectivity index (χ0v) is 17.3. The van der Waals surface area contributed by atoms with Crippen LogP contribution in [-0.4, -0.2) is 5.91 Å². The molecule has 0 fully saturated rings. The molecule has 1 N–H and O–H groups in total. The standard InChI is InChI=1S/C25H17Cl2NO2/c26-19-10-13-21(22(27)16-19)23-14-15-24(30-23)25(29)28-20-11-8-18(9-12-20)7-6-17-4-2-1-3-5-17/h1-16H,(H,28,29)/b7-6+. The summed E-state index contributed by atoms with van der Waals surface area (Å²) in [6.07, 6.45) is 4.06. The van der Waals surface area contributed by atoms with Crippen molar-refractivity contribution in [3.8, 4) is 11.3 Å². The second-order valence-corrected chi connectivity index (χ2v) is 7.45. The van der Waals surface area contributed by atoms with E-state index in [0.29, 0.717) is 27.1 Å². The molecule has 1 heterocycles. The van der Waals surface area contributed by atoms with Crippen LogP contribution >= 0.6 is 23.2 Å². The van der Waals surface area contributed by atoms with Crippen molar-refractivity contribution >= 4 is 46.9 Å². The van der Waals surface area contributed by atoms with Crippen LogP contribution in [0.1, 0.15) is 21.7 Å². The lowest BCUT2D eigenvalue weighted by Crippen LogP contribution is -2.10. The van der Waals surface area contributed by atoms with Gasteiger partial charge >= 0.3 is 0 Å². The summed E-state index contributed by atoms with van der Waals surface area (Å²) in [5.74, 6) is 0.367. The number of furan rings is 1. The number of carbonyl (C=O) groups excluding carboxylic acids is 1. The summed E-state index contributed by atoms with van der Waals surface area (Å²) in [4.78, 5) is 12.5. The molecule has 0 aliphatic rings. The number of halogens is 2. The van der Waals surface area contributed by atoms with E-state index in [2.05, 4.69) is 5.32 Å². The van der Waals surface area contributed by atoms with E-state index in [-0.39, 0.29) is 11.7 Å². The van der Waals surface area contributed by atoms with Crippen molar-refractivity contribution in [1.82, 2.24) is 0 Å².